The number of piperidine rings is 1. The van der Waals surface area contributed by atoms with Gasteiger partial charge in [-0.2, -0.15) is 0 Å². The summed E-state index contributed by atoms with van der Waals surface area (Å²) in [5, 5.41) is 0. The number of nitrogens with two attached hydrogens (primary N) is 1. The Morgan fingerprint density at radius 2 is 2.17 bits per heavy atom. The molecule has 0 radical (unpaired) electrons. The fourth-order valence-electron chi connectivity index (χ4n) is 1.84. The van der Waals surface area contributed by atoms with Crippen LogP contribution in [0.5, 0.6) is 0 Å². The third-order valence-corrected chi connectivity index (χ3v) is 2.76. The summed E-state index contributed by atoms with van der Waals surface area (Å²) in [7, 11) is 0. The fourth-order valence-corrected chi connectivity index (χ4v) is 1.84. The van der Waals surface area contributed by atoms with Crippen LogP contribution in [0.2, 0.25) is 0 Å². The van der Waals surface area contributed by atoms with Crippen LogP contribution in [-0.2, 0) is 0 Å². The number of hydrogen-bond donors (Lipinski definition) is 1. The van der Waals surface area contributed by atoms with Crippen molar-refractivity contribution in [2.45, 2.75) is 25.8 Å². The normalized spacial score (nSPS) is 23.8. The molecular weight excluding hydrogens is 148 g/mol. The number of hydrogen-bond acceptors (Lipinski definition) is 2. The Morgan fingerprint density at radius 1 is 1.58 bits per heavy atom. The van der Waals surface area contributed by atoms with Gasteiger partial charge in [-0.3, -0.25) is 4.90 Å². The van der Waals surface area contributed by atoms with Gasteiger partial charge < -0.3 is 5.73 Å². The highest BCUT2D eigenvalue weighted by Gasteiger charge is 2.20. The second-order valence-electron chi connectivity index (χ2n) is 3.79. The highest BCUT2D eigenvalue weighted by molar-refractivity contribution is 4.81. The van der Waals surface area contributed by atoms with E-state index in [9.17, 15) is 0 Å². The van der Waals surface area contributed by atoms with Crippen molar-refractivity contribution in [2.24, 2.45) is 11.7 Å². The quantitative estimate of drug-likeness (QED) is 0.642. The first kappa shape index (κ1) is 9.75. The minimum absolute atomic E-state index is 0.371. The molecule has 2 N–H and O–H groups in total. The van der Waals surface area contributed by atoms with E-state index in [2.05, 4.69) is 18.4 Å². The van der Waals surface area contributed by atoms with Crippen LogP contribution in [0.15, 0.2) is 12.7 Å². The lowest BCUT2D eigenvalue weighted by molar-refractivity contribution is 0.187. The van der Waals surface area contributed by atoms with Crippen LogP contribution in [0.4, 0.5) is 0 Å². The standard InChI is InChI=1S/C10H20N2/c1-3-6-12-7-4-10(5-8-12)9(2)11/h3,9-10H,1,4-8,11H2,2H3. The largest absolute Gasteiger partial charge is 0.328 e. The first-order chi connectivity index (χ1) is 5.74. The minimum Gasteiger partial charge on any atom is -0.328 e. The lowest BCUT2D eigenvalue weighted by Gasteiger charge is -2.32. The van der Waals surface area contributed by atoms with Gasteiger partial charge in [0.1, 0.15) is 0 Å². The van der Waals surface area contributed by atoms with E-state index in [1.807, 2.05) is 6.08 Å². The fraction of sp³-hybridized carbons (Fsp3) is 0.800. The highest BCUT2D eigenvalue weighted by atomic mass is 15.1. The van der Waals surface area contributed by atoms with Crippen LogP contribution in [0, 0.1) is 5.92 Å². The molecular formula is C10H20N2. The van der Waals surface area contributed by atoms with E-state index >= 15 is 0 Å². The first-order valence-corrected chi connectivity index (χ1v) is 4.83. The van der Waals surface area contributed by atoms with E-state index in [-0.39, 0.29) is 0 Å². The predicted molar refractivity (Wildman–Crippen MR) is 53.0 cm³/mol. The molecule has 1 rings (SSSR count). The molecule has 0 aromatic carbocycles. The van der Waals surface area contributed by atoms with E-state index in [1.54, 1.807) is 0 Å². The van der Waals surface area contributed by atoms with Gasteiger partial charge in [-0.05, 0) is 38.8 Å². The van der Waals surface area contributed by atoms with Gasteiger partial charge >= 0.3 is 0 Å². The van der Waals surface area contributed by atoms with Crippen molar-refractivity contribution in [3.63, 3.8) is 0 Å². The Hall–Kier alpha value is -0.340. The molecule has 0 aromatic heterocycles. The van der Waals surface area contributed by atoms with E-state index in [0.717, 1.165) is 12.5 Å². The molecule has 0 aliphatic carbocycles. The first-order valence-electron chi connectivity index (χ1n) is 4.83. The molecule has 2 nitrogen and oxygen atoms in total. The van der Waals surface area contributed by atoms with Crippen molar-refractivity contribution in [2.75, 3.05) is 19.6 Å². The molecule has 0 aromatic rings. The van der Waals surface area contributed by atoms with Crippen molar-refractivity contribution in [1.29, 1.82) is 0 Å². The molecule has 1 atom stereocenters. The molecule has 0 bridgehead atoms. The zero-order chi connectivity index (χ0) is 8.97. The average Bonchev–Trinajstić information content (AvgIpc) is 2.06. The summed E-state index contributed by atoms with van der Waals surface area (Å²) in [6, 6.07) is 0.371. The molecule has 70 valence electrons. The molecule has 1 unspecified atom stereocenters. The Labute approximate surface area is 75.4 Å². The summed E-state index contributed by atoms with van der Waals surface area (Å²) < 4.78 is 0. The number of likely N-dealkylation sites (tertiary alicyclic amines) is 1. The van der Waals surface area contributed by atoms with Gasteiger partial charge in [0, 0.05) is 12.6 Å². The molecule has 1 heterocycles. The van der Waals surface area contributed by atoms with Gasteiger partial charge in [0.25, 0.3) is 0 Å². The summed E-state index contributed by atoms with van der Waals surface area (Å²) in [6.45, 7) is 9.28. The van der Waals surface area contributed by atoms with Gasteiger partial charge in [0.15, 0.2) is 0 Å². The molecule has 1 aliphatic heterocycles. The maximum Gasteiger partial charge on any atom is 0.0160 e. The van der Waals surface area contributed by atoms with E-state index in [0.29, 0.717) is 6.04 Å². The van der Waals surface area contributed by atoms with E-state index < -0.39 is 0 Å². The molecule has 0 amide bonds. The van der Waals surface area contributed by atoms with Crippen molar-refractivity contribution in [1.82, 2.24) is 4.90 Å². The summed E-state index contributed by atoms with van der Waals surface area (Å²) in [5.74, 6) is 0.742. The number of rotatable bonds is 3. The van der Waals surface area contributed by atoms with Crippen LogP contribution in [-0.4, -0.2) is 30.6 Å². The second kappa shape index (κ2) is 4.63. The van der Waals surface area contributed by atoms with Crippen LogP contribution in [0.25, 0.3) is 0 Å². The lowest BCUT2D eigenvalue weighted by Crippen LogP contribution is -2.39. The molecule has 0 spiro atoms. The summed E-state index contributed by atoms with van der Waals surface area (Å²) >= 11 is 0. The maximum absolute atomic E-state index is 5.85. The Kier molecular flexibility index (Phi) is 3.76. The summed E-state index contributed by atoms with van der Waals surface area (Å²) in [5.41, 5.74) is 5.85. The SMILES string of the molecule is C=CCN1CCC(C(C)N)CC1. The van der Waals surface area contributed by atoms with Crippen molar-refractivity contribution in [3.8, 4) is 0 Å². The zero-order valence-electron chi connectivity index (χ0n) is 8.00. The van der Waals surface area contributed by atoms with Crippen molar-refractivity contribution >= 4 is 0 Å². The molecule has 0 saturated carbocycles. The highest BCUT2D eigenvalue weighted by Crippen LogP contribution is 2.18. The van der Waals surface area contributed by atoms with Crippen molar-refractivity contribution in [3.05, 3.63) is 12.7 Å². The van der Waals surface area contributed by atoms with Crippen LogP contribution in [0.1, 0.15) is 19.8 Å². The third kappa shape index (κ3) is 2.61. The van der Waals surface area contributed by atoms with Gasteiger partial charge in [-0.15, -0.1) is 6.58 Å². The molecule has 1 aliphatic rings. The summed E-state index contributed by atoms with van der Waals surface area (Å²) in [4.78, 5) is 2.44. The topological polar surface area (TPSA) is 29.3 Å². The molecule has 1 saturated heterocycles. The molecule has 12 heavy (non-hydrogen) atoms. The van der Waals surface area contributed by atoms with Crippen LogP contribution in [0.3, 0.4) is 0 Å². The van der Waals surface area contributed by atoms with E-state index in [4.69, 9.17) is 5.73 Å². The lowest BCUT2D eigenvalue weighted by atomic mass is 9.91. The van der Waals surface area contributed by atoms with Gasteiger partial charge in [0.2, 0.25) is 0 Å². The van der Waals surface area contributed by atoms with Gasteiger partial charge in [-0.25, -0.2) is 0 Å². The Balaban J connectivity index is 2.24. The van der Waals surface area contributed by atoms with Gasteiger partial charge in [0.05, 0.1) is 0 Å². The molecule has 2 heteroatoms. The smallest absolute Gasteiger partial charge is 0.0160 e. The van der Waals surface area contributed by atoms with Crippen LogP contribution >= 0.6 is 0 Å². The van der Waals surface area contributed by atoms with Crippen molar-refractivity contribution < 1.29 is 0 Å². The second-order valence-corrected chi connectivity index (χ2v) is 3.79. The predicted octanol–water partition coefficient (Wildman–Crippen LogP) is 1.23. The third-order valence-electron chi connectivity index (χ3n) is 2.76. The number of nitrogens with zero attached hydrogens (tertiary/aromatic N) is 1. The average molecular weight is 168 g/mol. The van der Waals surface area contributed by atoms with Crippen LogP contribution < -0.4 is 5.73 Å². The Morgan fingerprint density at radius 3 is 2.58 bits per heavy atom. The summed E-state index contributed by atoms with van der Waals surface area (Å²) in [6.07, 6.45) is 4.49. The molecule has 1 fully saturated rings. The monoisotopic (exact) mass is 168 g/mol. The maximum atomic E-state index is 5.85. The Bertz CT molecular complexity index is 135. The minimum atomic E-state index is 0.371. The zero-order valence-corrected chi connectivity index (χ0v) is 8.00. The van der Waals surface area contributed by atoms with E-state index in [1.165, 1.54) is 25.9 Å². The van der Waals surface area contributed by atoms with Gasteiger partial charge in [-0.1, -0.05) is 6.08 Å².